The van der Waals surface area contributed by atoms with Crippen LogP contribution in [0.25, 0.3) is 16.5 Å². The van der Waals surface area contributed by atoms with Gasteiger partial charge in [-0.2, -0.15) is 0 Å². The second-order valence-electron chi connectivity index (χ2n) is 7.15. The highest BCUT2D eigenvalue weighted by Crippen LogP contribution is 2.24. The van der Waals surface area contributed by atoms with Crippen molar-refractivity contribution < 1.29 is 19.1 Å². The van der Waals surface area contributed by atoms with Gasteiger partial charge in [-0.3, -0.25) is 14.2 Å². The van der Waals surface area contributed by atoms with Gasteiger partial charge in [0.25, 0.3) is 11.5 Å². The Kier molecular flexibility index (Phi) is 6.20. The van der Waals surface area contributed by atoms with E-state index in [1.54, 1.807) is 48.5 Å². The molecule has 156 valence electrons. The van der Waals surface area contributed by atoms with Crippen LogP contribution in [-0.4, -0.2) is 36.7 Å². The van der Waals surface area contributed by atoms with Crippen molar-refractivity contribution in [2.75, 3.05) is 14.2 Å². The quantitative estimate of drug-likeness (QED) is 0.634. The van der Waals surface area contributed by atoms with E-state index in [0.29, 0.717) is 22.2 Å². The van der Waals surface area contributed by atoms with E-state index >= 15 is 0 Å². The van der Waals surface area contributed by atoms with Crippen molar-refractivity contribution in [1.82, 2.24) is 9.88 Å². The fourth-order valence-electron chi connectivity index (χ4n) is 3.32. The smallest absolute Gasteiger partial charge is 0.328 e. The SMILES string of the molecule is COC(=O)C(NC(=O)c1cn(-c2ccccc2OC)c(=O)c2ccccc12)C(C)C. The number of aromatic nitrogens is 1. The number of ether oxygens (including phenoxy) is 2. The molecule has 7 heteroatoms. The van der Waals surface area contributed by atoms with Crippen LogP contribution < -0.4 is 15.6 Å². The Labute approximate surface area is 174 Å². The van der Waals surface area contributed by atoms with Gasteiger partial charge in [0.2, 0.25) is 0 Å². The third-order valence-corrected chi connectivity index (χ3v) is 4.92. The molecule has 1 aromatic heterocycles. The zero-order chi connectivity index (χ0) is 21.8. The highest BCUT2D eigenvalue weighted by Gasteiger charge is 2.27. The first-order valence-corrected chi connectivity index (χ1v) is 9.55. The molecule has 1 amide bonds. The molecule has 1 heterocycles. The van der Waals surface area contributed by atoms with Crippen LogP contribution in [0.4, 0.5) is 0 Å². The van der Waals surface area contributed by atoms with Crippen molar-refractivity contribution in [1.29, 1.82) is 0 Å². The van der Waals surface area contributed by atoms with E-state index in [1.165, 1.54) is 25.0 Å². The number of carbonyl (C=O) groups excluding carboxylic acids is 2. The lowest BCUT2D eigenvalue weighted by atomic mass is 10.0. The number of para-hydroxylation sites is 2. The van der Waals surface area contributed by atoms with E-state index in [4.69, 9.17) is 9.47 Å². The number of methoxy groups -OCH3 is 2. The molecule has 0 saturated carbocycles. The lowest BCUT2D eigenvalue weighted by Gasteiger charge is -2.21. The maximum Gasteiger partial charge on any atom is 0.328 e. The van der Waals surface area contributed by atoms with E-state index in [2.05, 4.69) is 5.32 Å². The maximum absolute atomic E-state index is 13.2. The largest absolute Gasteiger partial charge is 0.495 e. The number of hydrogen-bond donors (Lipinski definition) is 1. The lowest BCUT2D eigenvalue weighted by molar-refractivity contribution is -0.144. The number of nitrogens with one attached hydrogen (secondary N) is 1. The van der Waals surface area contributed by atoms with Gasteiger partial charge in [0.05, 0.1) is 25.5 Å². The molecule has 3 rings (SSSR count). The minimum absolute atomic E-state index is 0.173. The third kappa shape index (κ3) is 3.91. The van der Waals surface area contributed by atoms with E-state index in [1.807, 2.05) is 13.8 Å². The zero-order valence-corrected chi connectivity index (χ0v) is 17.3. The average Bonchev–Trinajstić information content (AvgIpc) is 2.77. The van der Waals surface area contributed by atoms with E-state index < -0.39 is 17.9 Å². The monoisotopic (exact) mass is 408 g/mol. The fourth-order valence-corrected chi connectivity index (χ4v) is 3.32. The summed E-state index contributed by atoms with van der Waals surface area (Å²) in [4.78, 5) is 38.4. The zero-order valence-electron chi connectivity index (χ0n) is 17.3. The summed E-state index contributed by atoms with van der Waals surface area (Å²) in [5.41, 5.74) is 0.504. The molecular formula is C23H24N2O5. The van der Waals surface area contributed by atoms with Gasteiger partial charge in [-0.1, -0.05) is 44.2 Å². The minimum Gasteiger partial charge on any atom is -0.495 e. The molecule has 3 aromatic rings. The summed E-state index contributed by atoms with van der Waals surface area (Å²) in [5, 5.41) is 3.63. The predicted octanol–water partition coefficient (Wildman–Crippen LogP) is 2.93. The Hall–Kier alpha value is -3.61. The number of benzene rings is 2. The first-order valence-electron chi connectivity index (χ1n) is 9.55. The van der Waals surface area contributed by atoms with Gasteiger partial charge >= 0.3 is 5.97 Å². The van der Waals surface area contributed by atoms with Crippen molar-refractivity contribution in [2.24, 2.45) is 5.92 Å². The second kappa shape index (κ2) is 8.82. The topological polar surface area (TPSA) is 86.6 Å². The molecule has 0 aliphatic rings. The van der Waals surface area contributed by atoms with E-state index in [9.17, 15) is 14.4 Å². The summed E-state index contributed by atoms with van der Waals surface area (Å²) in [6.07, 6.45) is 1.48. The first-order chi connectivity index (χ1) is 14.4. The maximum atomic E-state index is 13.2. The Morgan fingerprint density at radius 3 is 2.23 bits per heavy atom. The van der Waals surface area contributed by atoms with Gasteiger partial charge in [0, 0.05) is 17.0 Å². The molecule has 1 unspecified atom stereocenters. The average molecular weight is 408 g/mol. The molecule has 30 heavy (non-hydrogen) atoms. The number of hydrogen-bond acceptors (Lipinski definition) is 5. The predicted molar refractivity (Wildman–Crippen MR) is 114 cm³/mol. The summed E-state index contributed by atoms with van der Waals surface area (Å²) < 4.78 is 11.6. The van der Waals surface area contributed by atoms with Crippen LogP contribution in [0, 0.1) is 5.92 Å². The lowest BCUT2D eigenvalue weighted by Crippen LogP contribution is -2.45. The Balaban J connectivity index is 2.20. The van der Waals surface area contributed by atoms with Gasteiger partial charge in [-0.25, -0.2) is 4.79 Å². The molecule has 0 spiro atoms. The molecule has 0 radical (unpaired) electrons. The summed E-state index contributed by atoms with van der Waals surface area (Å²) in [6, 6.07) is 13.1. The number of rotatable bonds is 6. The number of amides is 1. The first kappa shape index (κ1) is 21.1. The van der Waals surface area contributed by atoms with Crippen molar-refractivity contribution in [2.45, 2.75) is 19.9 Å². The second-order valence-corrected chi connectivity index (χ2v) is 7.15. The Morgan fingerprint density at radius 2 is 1.60 bits per heavy atom. The number of nitrogens with zero attached hydrogens (tertiary/aromatic N) is 1. The van der Waals surface area contributed by atoms with Gasteiger partial charge in [0.15, 0.2) is 0 Å². The minimum atomic E-state index is -0.812. The molecule has 1 atom stereocenters. The molecule has 0 aliphatic heterocycles. The van der Waals surface area contributed by atoms with Gasteiger partial charge in [-0.15, -0.1) is 0 Å². The van der Waals surface area contributed by atoms with E-state index in [0.717, 1.165) is 0 Å². The summed E-state index contributed by atoms with van der Waals surface area (Å²) in [5.74, 6) is -0.678. The highest BCUT2D eigenvalue weighted by molar-refractivity contribution is 6.07. The standard InChI is InChI=1S/C23H24N2O5/c1-14(2)20(23(28)30-4)24-21(26)17-13-25(18-11-7-8-12-19(18)29-3)22(27)16-10-6-5-9-15(16)17/h5-14,20H,1-4H3,(H,24,26). The molecule has 0 saturated heterocycles. The van der Waals surface area contributed by atoms with Crippen molar-refractivity contribution in [3.05, 3.63) is 70.6 Å². The Morgan fingerprint density at radius 1 is 0.967 bits per heavy atom. The molecule has 1 N–H and O–H groups in total. The van der Waals surface area contributed by atoms with Crippen molar-refractivity contribution in [3.63, 3.8) is 0 Å². The third-order valence-electron chi connectivity index (χ3n) is 4.92. The summed E-state index contributed by atoms with van der Waals surface area (Å²) in [7, 11) is 2.79. The van der Waals surface area contributed by atoms with Crippen molar-refractivity contribution >= 4 is 22.6 Å². The number of carbonyl (C=O) groups is 2. The molecule has 7 nitrogen and oxygen atoms in total. The van der Waals surface area contributed by atoms with Crippen LogP contribution in [0.3, 0.4) is 0 Å². The van der Waals surface area contributed by atoms with Crippen LogP contribution in [0.5, 0.6) is 5.75 Å². The van der Waals surface area contributed by atoms with Gasteiger partial charge in [0.1, 0.15) is 11.8 Å². The number of fused-ring (bicyclic) bond motifs is 1. The van der Waals surface area contributed by atoms with Gasteiger partial charge < -0.3 is 14.8 Å². The van der Waals surface area contributed by atoms with Crippen molar-refractivity contribution in [3.8, 4) is 11.4 Å². The van der Waals surface area contributed by atoms with E-state index in [-0.39, 0.29) is 17.0 Å². The molecule has 0 bridgehead atoms. The highest BCUT2D eigenvalue weighted by atomic mass is 16.5. The van der Waals surface area contributed by atoms with Gasteiger partial charge in [-0.05, 0) is 24.1 Å². The summed E-state index contributed by atoms with van der Waals surface area (Å²) >= 11 is 0. The Bertz CT molecular complexity index is 1150. The summed E-state index contributed by atoms with van der Waals surface area (Å²) in [6.45, 7) is 3.63. The number of esters is 1. The molecule has 2 aromatic carbocycles. The fraction of sp³-hybridized carbons (Fsp3) is 0.261. The van der Waals surface area contributed by atoms with Crippen LogP contribution in [-0.2, 0) is 9.53 Å². The number of pyridine rings is 1. The molecular weight excluding hydrogens is 384 g/mol. The molecule has 0 fully saturated rings. The normalized spacial score (nSPS) is 11.9. The molecule has 0 aliphatic carbocycles. The van der Waals surface area contributed by atoms with Crippen LogP contribution in [0.15, 0.2) is 59.5 Å². The van der Waals surface area contributed by atoms with Crippen LogP contribution in [0.1, 0.15) is 24.2 Å². The van der Waals surface area contributed by atoms with Crippen LogP contribution >= 0.6 is 0 Å². The van der Waals surface area contributed by atoms with Crippen LogP contribution in [0.2, 0.25) is 0 Å².